The van der Waals surface area contributed by atoms with Gasteiger partial charge in [0.1, 0.15) is 0 Å². The molecule has 0 atom stereocenters. The second kappa shape index (κ2) is 4.52. The molecule has 0 spiro atoms. The molecule has 0 unspecified atom stereocenters. The molecule has 0 radical (unpaired) electrons. The monoisotopic (exact) mass is 244 g/mol. The van der Waals surface area contributed by atoms with Crippen LogP contribution in [0, 0.1) is 6.92 Å². The van der Waals surface area contributed by atoms with Crippen LogP contribution in [-0.2, 0) is 0 Å². The van der Waals surface area contributed by atoms with Gasteiger partial charge in [-0.15, -0.1) is 0 Å². The van der Waals surface area contributed by atoms with Crippen molar-refractivity contribution in [1.29, 1.82) is 0 Å². The minimum absolute atomic E-state index is 0.173. The number of hydrogen-bond donors (Lipinski definition) is 2. The summed E-state index contributed by atoms with van der Waals surface area (Å²) in [6.45, 7) is 1.92. The minimum atomic E-state index is -0.173. The van der Waals surface area contributed by atoms with Gasteiger partial charge in [0.15, 0.2) is 0 Å². The summed E-state index contributed by atoms with van der Waals surface area (Å²) in [7, 11) is 3.33. The number of rotatable bonds is 1. The largest absolute Gasteiger partial charge is 0.397 e. The number of benzene rings is 1. The molecule has 0 bridgehead atoms. The first kappa shape index (κ1) is 12.2. The number of fused-ring (bicyclic) bond motifs is 1. The van der Waals surface area contributed by atoms with Crippen LogP contribution in [0.2, 0.25) is 0 Å². The Morgan fingerprint density at radius 2 is 2.17 bits per heavy atom. The van der Waals surface area contributed by atoms with Crippen LogP contribution < -0.4 is 16.0 Å². The molecule has 0 fully saturated rings. The van der Waals surface area contributed by atoms with E-state index < -0.39 is 0 Å². The van der Waals surface area contributed by atoms with E-state index in [-0.39, 0.29) is 6.03 Å². The highest BCUT2D eigenvalue weighted by molar-refractivity contribution is 6.05. The second-order valence-corrected chi connectivity index (χ2v) is 4.15. The molecule has 3 N–H and O–H groups in total. The first-order chi connectivity index (χ1) is 8.56. The fraction of sp³-hybridized carbons (Fsp3) is 0.231. The first-order valence-electron chi connectivity index (χ1n) is 5.65. The molecule has 1 heterocycles. The molecule has 2 aromatic rings. The molecule has 2 rings (SSSR count). The molecule has 94 valence electrons. The van der Waals surface area contributed by atoms with Gasteiger partial charge in [0.2, 0.25) is 0 Å². The van der Waals surface area contributed by atoms with Crippen LogP contribution in [0.5, 0.6) is 0 Å². The van der Waals surface area contributed by atoms with Crippen molar-refractivity contribution in [3.63, 3.8) is 0 Å². The number of nitrogens with two attached hydrogens (primary N) is 1. The van der Waals surface area contributed by atoms with E-state index in [1.165, 1.54) is 0 Å². The molecule has 0 aliphatic heterocycles. The van der Waals surface area contributed by atoms with E-state index in [1.54, 1.807) is 31.3 Å². The highest BCUT2D eigenvalue weighted by Gasteiger charge is 2.16. The Morgan fingerprint density at radius 3 is 2.83 bits per heavy atom. The third-order valence-corrected chi connectivity index (χ3v) is 2.94. The van der Waals surface area contributed by atoms with Gasteiger partial charge in [-0.2, -0.15) is 0 Å². The van der Waals surface area contributed by atoms with Gasteiger partial charge < -0.3 is 11.1 Å². The molecule has 1 aromatic carbocycles. The van der Waals surface area contributed by atoms with E-state index in [2.05, 4.69) is 10.3 Å². The number of carbonyl (C=O) groups excluding carboxylic acids is 1. The van der Waals surface area contributed by atoms with Crippen molar-refractivity contribution in [3.05, 3.63) is 30.0 Å². The van der Waals surface area contributed by atoms with Crippen LogP contribution in [-0.4, -0.2) is 25.1 Å². The number of carbonyl (C=O) groups is 1. The summed E-state index contributed by atoms with van der Waals surface area (Å²) in [6.07, 6.45) is 1.73. The number of amides is 2. The van der Waals surface area contributed by atoms with Gasteiger partial charge in [0.05, 0.1) is 16.9 Å². The van der Waals surface area contributed by atoms with Crippen molar-refractivity contribution in [3.8, 4) is 0 Å². The summed E-state index contributed by atoms with van der Waals surface area (Å²) in [6, 6.07) is 5.41. The number of nitrogens with zero attached hydrogens (tertiary/aromatic N) is 2. The highest BCUT2D eigenvalue weighted by atomic mass is 16.2. The number of aromatic nitrogens is 1. The van der Waals surface area contributed by atoms with E-state index >= 15 is 0 Å². The molecule has 5 nitrogen and oxygen atoms in total. The van der Waals surface area contributed by atoms with Crippen LogP contribution in [0.3, 0.4) is 0 Å². The number of nitrogens with one attached hydrogen (secondary N) is 1. The highest BCUT2D eigenvalue weighted by Crippen LogP contribution is 2.30. The van der Waals surface area contributed by atoms with Crippen molar-refractivity contribution in [2.24, 2.45) is 0 Å². The predicted molar refractivity (Wildman–Crippen MR) is 73.8 cm³/mol. The van der Waals surface area contributed by atoms with Gasteiger partial charge in [0, 0.05) is 25.7 Å². The molecule has 0 saturated carbocycles. The van der Waals surface area contributed by atoms with Crippen molar-refractivity contribution >= 4 is 28.3 Å². The van der Waals surface area contributed by atoms with Crippen molar-refractivity contribution in [2.75, 3.05) is 24.7 Å². The van der Waals surface area contributed by atoms with Gasteiger partial charge in [-0.05, 0) is 18.6 Å². The van der Waals surface area contributed by atoms with Gasteiger partial charge in [0.25, 0.3) is 0 Å². The van der Waals surface area contributed by atoms with E-state index in [1.807, 2.05) is 19.1 Å². The zero-order valence-corrected chi connectivity index (χ0v) is 10.7. The van der Waals surface area contributed by atoms with Crippen LogP contribution in [0.1, 0.15) is 5.56 Å². The Bertz CT molecular complexity index is 609. The Kier molecular flexibility index (Phi) is 3.06. The maximum absolute atomic E-state index is 11.8. The zero-order valence-electron chi connectivity index (χ0n) is 10.7. The molecule has 1 aromatic heterocycles. The summed E-state index contributed by atoms with van der Waals surface area (Å²) in [5, 5.41) is 3.48. The molecule has 2 amide bonds. The summed E-state index contributed by atoms with van der Waals surface area (Å²) < 4.78 is 0. The number of para-hydroxylation sites is 1. The average Bonchev–Trinajstić information content (AvgIpc) is 2.37. The number of aryl methyl sites for hydroxylation is 1. The summed E-state index contributed by atoms with van der Waals surface area (Å²) in [4.78, 5) is 17.6. The lowest BCUT2D eigenvalue weighted by atomic mass is 10.1. The standard InChI is InChI=1S/C13H16N4O/c1-8-7-16-11-9(5-4-6-10(11)14)12(8)17(3)13(18)15-2/h4-7H,14H2,1-3H3,(H,15,18). The lowest BCUT2D eigenvalue weighted by Gasteiger charge is -2.21. The summed E-state index contributed by atoms with van der Waals surface area (Å²) >= 11 is 0. The quantitative estimate of drug-likeness (QED) is 0.753. The van der Waals surface area contributed by atoms with Crippen molar-refractivity contribution in [1.82, 2.24) is 10.3 Å². The van der Waals surface area contributed by atoms with Gasteiger partial charge in [-0.25, -0.2) is 4.79 Å². The molecule has 5 heteroatoms. The average molecular weight is 244 g/mol. The maximum atomic E-state index is 11.8. The third-order valence-electron chi connectivity index (χ3n) is 2.94. The fourth-order valence-corrected chi connectivity index (χ4v) is 2.05. The summed E-state index contributed by atoms with van der Waals surface area (Å²) in [5.41, 5.74) is 8.98. The van der Waals surface area contributed by atoms with E-state index in [9.17, 15) is 4.79 Å². The van der Waals surface area contributed by atoms with Crippen LogP contribution in [0.25, 0.3) is 10.9 Å². The lowest BCUT2D eigenvalue weighted by Crippen LogP contribution is -2.35. The van der Waals surface area contributed by atoms with Crippen LogP contribution >= 0.6 is 0 Å². The zero-order chi connectivity index (χ0) is 13.3. The van der Waals surface area contributed by atoms with Crippen LogP contribution in [0.4, 0.5) is 16.2 Å². The lowest BCUT2D eigenvalue weighted by molar-refractivity contribution is 0.249. The number of urea groups is 1. The Morgan fingerprint density at radius 1 is 1.44 bits per heavy atom. The number of nitrogen functional groups attached to an aromatic ring is 1. The SMILES string of the molecule is CNC(=O)N(C)c1c(C)cnc2c(N)cccc12. The van der Waals surface area contributed by atoms with Crippen molar-refractivity contribution < 1.29 is 4.79 Å². The predicted octanol–water partition coefficient (Wildman–Crippen LogP) is 1.90. The molecule has 0 aliphatic carbocycles. The van der Waals surface area contributed by atoms with E-state index in [0.717, 1.165) is 16.6 Å². The second-order valence-electron chi connectivity index (χ2n) is 4.15. The molecule has 0 saturated heterocycles. The number of pyridine rings is 1. The Labute approximate surface area is 106 Å². The van der Waals surface area contributed by atoms with E-state index in [0.29, 0.717) is 11.2 Å². The Hall–Kier alpha value is -2.30. The molecular formula is C13H16N4O. The van der Waals surface area contributed by atoms with Crippen LogP contribution in [0.15, 0.2) is 24.4 Å². The number of anilines is 2. The smallest absolute Gasteiger partial charge is 0.321 e. The Balaban J connectivity index is 2.72. The molecule has 18 heavy (non-hydrogen) atoms. The molecular weight excluding hydrogens is 228 g/mol. The van der Waals surface area contributed by atoms with Gasteiger partial charge in [-0.3, -0.25) is 9.88 Å². The fourth-order valence-electron chi connectivity index (χ4n) is 2.05. The normalized spacial score (nSPS) is 10.4. The molecule has 0 aliphatic rings. The van der Waals surface area contributed by atoms with Crippen molar-refractivity contribution in [2.45, 2.75) is 6.92 Å². The maximum Gasteiger partial charge on any atom is 0.321 e. The minimum Gasteiger partial charge on any atom is -0.397 e. The van der Waals surface area contributed by atoms with Gasteiger partial charge in [-0.1, -0.05) is 12.1 Å². The third kappa shape index (κ3) is 1.84. The first-order valence-corrected chi connectivity index (χ1v) is 5.65. The summed E-state index contributed by atoms with van der Waals surface area (Å²) in [5.74, 6) is 0. The van der Waals surface area contributed by atoms with E-state index in [4.69, 9.17) is 5.73 Å². The number of hydrogen-bond acceptors (Lipinski definition) is 3. The topological polar surface area (TPSA) is 71.2 Å². The van der Waals surface area contributed by atoms with Gasteiger partial charge >= 0.3 is 6.03 Å².